The number of carbonyl (C=O) groups is 1. The van der Waals surface area contributed by atoms with Gasteiger partial charge in [-0.3, -0.25) is 0 Å². The van der Waals surface area contributed by atoms with Crippen molar-refractivity contribution < 1.29 is 9.53 Å². The monoisotopic (exact) mass is 314 g/mol. The van der Waals surface area contributed by atoms with Crippen LogP contribution in [0.1, 0.15) is 53.4 Å². The molecule has 2 fully saturated rings. The summed E-state index contributed by atoms with van der Waals surface area (Å²) in [5.74, 6) is 1.14. The van der Waals surface area contributed by atoms with Crippen molar-refractivity contribution in [3.63, 3.8) is 0 Å². The summed E-state index contributed by atoms with van der Waals surface area (Å²) >= 11 is 1.88. The summed E-state index contributed by atoms with van der Waals surface area (Å²) in [5, 5.41) is 3.73. The largest absolute Gasteiger partial charge is 0.444 e. The molecule has 3 atom stereocenters. The van der Waals surface area contributed by atoms with Crippen molar-refractivity contribution in [1.82, 2.24) is 10.2 Å². The van der Waals surface area contributed by atoms with Gasteiger partial charge in [0.25, 0.3) is 0 Å². The van der Waals surface area contributed by atoms with Crippen molar-refractivity contribution in [2.75, 3.05) is 12.0 Å². The zero-order valence-corrected chi connectivity index (χ0v) is 14.8. The number of hydrogen-bond donors (Lipinski definition) is 1. The highest BCUT2D eigenvalue weighted by Crippen LogP contribution is 2.37. The highest BCUT2D eigenvalue weighted by atomic mass is 32.2. The standard InChI is InChI=1S/C16H30N2O2S/c1-11(10-21-5)17-12-8-13-6-7-14(9-12)18(13)15(19)20-16(2,3)4/h11-14,17H,6-10H2,1-5H3/t11-,13+,14+/m1/s1. The minimum absolute atomic E-state index is 0.120. The van der Waals surface area contributed by atoms with Gasteiger partial charge in [0.05, 0.1) is 0 Å². The zero-order valence-electron chi connectivity index (χ0n) is 14.0. The fourth-order valence-corrected chi connectivity index (χ4v) is 4.22. The number of carbonyl (C=O) groups excluding carboxylic acids is 1. The Kier molecular flexibility index (Phi) is 5.47. The van der Waals surface area contributed by atoms with E-state index in [1.807, 2.05) is 37.4 Å². The molecule has 21 heavy (non-hydrogen) atoms. The van der Waals surface area contributed by atoms with E-state index in [1.165, 1.54) is 0 Å². The quantitative estimate of drug-likeness (QED) is 0.865. The Hall–Kier alpha value is -0.420. The maximum atomic E-state index is 12.4. The van der Waals surface area contributed by atoms with E-state index in [1.54, 1.807) is 0 Å². The first-order valence-corrected chi connectivity index (χ1v) is 9.46. The highest BCUT2D eigenvalue weighted by molar-refractivity contribution is 7.98. The van der Waals surface area contributed by atoms with Crippen LogP contribution in [0.3, 0.4) is 0 Å². The molecule has 0 aromatic carbocycles. The Morgan fingerprint density at radius 3 is 2.38 bits per heavy atom. The minimum atomic E-state index is -0.404. The number of fused-ring (bicyclic) bond motifs is 2. The molecule has 0 unspecified atom stereocenters. The molecule has 5 heteroatoms. The maximum Gasteiger partial charge on any atom is 0.410 e. The van der Waals surface area contributed by atoms with Crippen LogP contribution in [0.4, 0.5) is 4.79 Å². The molecule has 2 aliphatic rings. The average Bonchev–Trinajstić information content (AvgIpc) is 2.60. The van der Waals surface area contributed by atoms with E-state index in [0.29, 0.717) is 24.2 Å². The molecule has 2 rings (SSSR count). The Bertz CT molecular complexity index is 356. The van der Waals surface area contributed by atoms with Gasteiger partial charge in [0.1, 0.15) is 5.60 Å². The molecule has 2 heterocycles. The van der Waals surface area contributed by atoms with Crippen LogP contribution in [-0.4, -0.2) is 52.8 Å². The van der Waals surface area contributed by atoms with Gasteiger partial charge in [0, 0.05) is 29.9 Å². The lowest BCUT2D eigenvalue weighted by molar-refractivity contribution is 0.00448. The van der Waals surface area contributed by atoms with E-state index in [0.717, 1.165) is 31.4 Å². The summed E-state index contributed by atoms with van der Waals surface area (Å²) < 4.78 is 5.58. The van der Waals surface area contributed by atoms with E-state index in [9.17, 15) is 4.79 Å². The van der Waals surface area contributed by atoms with E-state index in [4.69, 9.17) is 4.74 Å². The van der Waals surface area contributed by atoms with Gasteiger partial charge < -0.3 is 15.0 Å². The van der Waals surface area contributed by atoms with Gasteiger partial charge in [-0.05, 0) is 59.6 Å². The van der Waals surface area contributed by atoms with Gasteiger partial charge in [-0.15, -0.1) is 0 Å². The van der Waals surface area contributed by atoms with E-state index in [2.05, 4.69) is 18.5 Å². The van der Waals surface area contributed by atoms with Gasteiger partial charge in [0.2, 0.25) is 0 Å². The molecule has 0 aliphatic carbocycles. The normalized spacial score (nSPS) is 30.3. The number of thioether (sulfide) groups is 1. The average molecular weight is 314 g/mol. The van der Waals surface area contributed by atoms with Crippen molar-refractivity contribution in [3.8, 4) is 0 Å². The fourth-order valence-electron chi connectivity index (χ4n) is 3.63. The molecule has 2 aliphatic heterocycles. The van der Waals surface area contributed by atoms with Gasteiger partial charge in [-0.2, -0.15) is 11.8 Å². The molecule has 1 amide bonds. The molecule has 2 bridgehead atoms. The molecule has 122 valence electrons. The van der Waals surface area contributed by atoms with Gasteiger partial charge >= 0.3 is 6.09 Å². The topological polar surface area (TPSA) is 41.6 Å². The van der Waals surface area contributed by atoms with Crippen LogP contribution in [0.2, 0.25) is 0 Å². The van der Waals surface area contributed by atoms with Gasteiger partial charge in [0.15, 0.2) is 0 Å². The van der Waals surface area contributed by atoms with Crippen LogP contribution in [0.25, 0.3) is 0 Å². The summed E-state index contributed by atoms with van der Waals surface area (Å²) in [4.78, 5) is 14.4. The van der Waals surface area contributed by atoms with E-state index >= 15 is 0 Å². The van der Waals surface area contributed by atoms with Crippen LogP contribution in [0, 0.1) is 0 Å². The van der Waals surface area contributed by atoms with Crippen molar-refractivity contribution in [1.29, 1.82) is 0 Å². The lowest BCUT2D eigenvalue weighted by Crippen LogP contribution is -2.54. The molecule has 0 spiro atoms. The lowest BCUT2D eigenvalue weighted by Gasteiger charge is -2.40. The summed E-state index contributed by atoms with van der Waals surface area (Å²) in [5.41, 5.74) is -0.404. The maximum absolute atomic E-state index is 12.4. The highest BCUT2D eigenvalue weighted by Gasteiger charge is 2.44. The number of ether oxygens (including phenoxy) is 1. The third-order valence-electron chi connectivity index (χ3n) is 4.27. The first-order chi connectivity index (χ1) is 9.80. The summed E-state index contributed by atoms with van der Waals surface area (Å²) in [6, 6.07) is 1.80. The minimum Gasteiger partial charge on any atom is -0.444 e. The number of hydrogen-bond acceptors (Lipinski definition) is 4. The molecule has 0 aromatic rings. The Labute approximate surface area is 133 Å². The fraction of sp³-hybridized carbons (Fsp3) is 0.938. The second-order valence-electron chi connectivity index (χ2n) is 7.46. The van der Waals surface area contributed by atoms with Crippen molar-refractivity contribution in [2.24, 2.45) is 0 Å². The molecule has 1 N–H and O–H groups in total. The molecule has 0 aromatic heterocycles. The van der Waals surface area contributed by atoms with Crippen LogP contribution in [-0.2, 0) is 4.74 Å². The van der Waals surface area contributed by atoms with Crippen molar-refractivity contribution >= 4 is 17.9 Å². The number of rotatable bonds is 4. The molecule has 4 nitrogen and oxygen atoms in total. The summed E-state index contributed by atoms with van der Waals surface area (Å²) in [7, 11) is 0. The van der Waals surface area contributed by atoms with Crippen LogP contribution in [0.5, 0.6) is 0 Å². The molecular formula is C16H30N2O2S. The molecule has 0 radical (unpaired) electrons. The third kappa shape index (κ3) is 4.52. The summed E-state index contributed by atoms with van der Waals surface area (Å²) in [6.07, 6.45) is 6.40. The van der Waals surface area contributed by atoms with Crippen molar-refractivity contribution in [3.05, 3.63) is 0 Å². The smallest absolute Gasteiger partial charge is 0.410 e. The second kappa shape index (κ2) is 6.78. The predicted molar refractivity (Wildman–Crippen MR) is 88.9 cm³/mol. The van der Waals surface area contributed by atoms with Crippen LogP contribution >= 0.6 is 11.8 Å². The van der Waals surface area contributed by atoms with Crippen molar-refractivity contribution in [2.45, 2.75) is 83.1 Å². The van der Waals surface area contributed by atoms with Gasteiger partial charge in [-0.1, -0.05) is 0 Å². The first kappa shape index (κ1) is 16.9. The van der Waals surface area contributed by atoms with E-state index < -0.39 is 5.60 Å². The molecule has 0 saturated carbocycles. The number of amides is 1. The van der Waals surface area contributed by atoms with Crippen LogP contribution < -0.4 is 5.32 Å². The number of nitrogens with zero attached hydrogens (tertiary/aromatic N) is 1. The Morgan fingerprint density at radius 1 is 1.33 bits per heavy atom. The predicted octanol–water partition coefficient (Wildman–Crippen LogP) is 3.26. The van der Waals surface area contributed by atoms with E-state index in [-0.39, 0.29) is 6.09 Å². The number of nitrogens with one attached hydrogen (secondary N) is 1. The Balaban J connectivity index is 1.91. The third-order valence-corrected chi connectivity index (χ3v) is 5.11. The van der Waals surface area contributed by atoms with Gasteiger partial charge in [-0.25, -0.2) is 4.79 Å². The van der Waals surface area contributed by atoms with Crippen LogP contribution in [0.15, 0.2) is 0 Å². The molecule has 2 saturated heterocycles. The number of piperidine rings is 1. The second-order valence-corrected chi connectivity index (χ2v) is 8.37. The summed E-state index contributed by atoms with van der Waals surface area (Å²) in [6.45, 7) is 8.06. The lowest BCUT2D eigenvalue weighted by atomic mass is 9.97. The SMILES string of the molecule is CSC[C@@H](C)NC1C[C@@H]2CC[C@@H](C1)N2C(=O)OC(C)(C)C. The molecular weight excluding hydrogens is 284 g/mol. The first-order valence-electron chi connectivity index (χ1n) is 8.06. The zero-order chi connectivity index (χ0) is 15.6. The Morgan fingerprint density at radius 2 is 1.90 bits per heavy atom.